The highest BCUT2D eigenvalue weighted by Crippen LogP contribution is 2.17. The smallest absolute Gasteiger partial charge is 0.312 e. The molecule has 1 aromatic carbocycles. The molecule has 0 radical (unpaired) electrons. The highest BCUT2D eigenvalue weighted by Gasteiger charge is 2.36. The van der Waals surface area contributed by atoms with Crippen molar-refractivity contribution < 1.29 is 24.0 Å². The molecule has 1 amide bonds. The van der Waals surface area contributed by atoms with Gasteiger partial charge in [0.05, 0.1) is 26.3 Å². The van der Waals surface area contributed by atoms with Crippen molar-refractivity contribution in [1.29, 1.82) is 0 Å². The van der Waals surface area contributed by atoms with Crippen molar-refractivity contribution >= 4 is 11.9 Å². The average Bonchev–Trinajstić information content (AvgIpc) is 2.53. The number of benzene rings is 1. The summed E-state index contributed by atoms with van der Waals surface area (Å²) in [5, 5.41) is 2.84. The molecular formula is C17H25N2O4+. The van der Waals surface area contributed by atoms with Crippen molar-refractivity contribution in [2.45, 2.75) is 32.9 Å². The molecule has 0 spiro atoms. The summed E-state index contributed by atoms with van der Waals surface area (Å²) in [7, 11) is 0. The summed E-state index contributed by atoms with van der Waals surface area (Å²) in [6.07, 6.45) is 0.103. The SMILES string of the molecule is CCOC(=O)C[C@@H]1C(=O)NCC[NH+]1Cc1ccccc1OCC. The fourth-order valence-electron chi connectivity index (χ4n) is 2.86. The molecule has 2 N–H and O–H groups in total. The second-order valence-electron chi connectivity index (χ2n) is 5.48. The standard InChI is InChI=1S/C17H24N2O4/c1-3-22-15-8-6-5-7-13(15)12-19-10-9-18-17(21)14(19)11-16(20)23-4-2/h5-8,14H,3-4,9-12H2,1-2H3,(H,18,21)/p+1/t14-/m1/s1. The maximum absolute atomic E-state index is 12.2. The van der Waals surface area contributed by atoms with Crippen LogP contribution in [0.15, 0.2) is 24.3 Å². The van der Waals surface area contributed by atoms with Gasteiger partial charge in [-0.15, -0.1) is 0 Å². The van der Waals surface area contributed by atoms with Gasteiger partial charge in [-0.1, -0.05) is 12.1 Å². The summed E-state index contributed by atoms with van der Waals surface area (Å²) in [6, 6.07) is 7.41. The molecule has 1 heterocycles. The number of nitrogens with one attached hydrogen (secondary N) is 2. The van der Waals surface area contributed by atoms with Gasteiger partial charge < -0.3 is 19.7 Å². The number of esters is 1. The third kappa shape index (κ3) is 4.69. The Morgan fingerprint density at radius 1 is 1.30 bits per heavy atom. The predicted octanol–water partition coefficient (Wildman–Crippen LogP) is -0.0782. The zero-order valence-corrected chi connectivity index (χ0v) is 13.8. The topological polar surface area (TPSA) is 69.1 Å². The fourth-order valence-corrected chi connectivity index (χ4v) is 2.86. The van der Waals surface area contributed by atoms with Crippen molar-refractivity contribution in [3.8, 4) is 5.75 Å². The van der Waals surface area contributed by atoms with E-state index < -0.39 is 6.04 Å². The van der Waals surface area contributed by atoms with Crippen molar-refractivity contribution in [2.75, 3.05) is 26.3 Å². The van der Waals surface area contributed by atoms with Crippen LogP contribution in [-0.2, 0) is 20.9 Å². The van der Waals surface area contributed by atoms with E-state index in [1.807, 2.05) is 31.2 Å². The van der Waals surface area contributed by atoms with E-state index in [0.29, 0.717) is 26.3 Å². The molecule has 2 rings (SSSR count). The highest BCUT2D eigenvalue weighted by molar-refractivity contribution is 5.85. The lowest BCUT2D eigenvalue weighted by Gasteiger charge is -2.31. The Balaban J connectivity index is 2.12. The van der Waals surface area contributed by atoms with Crippen molar-refractivity contribution in [3.63, 3.8) is 0 Å². The number of ether oxygens (including phenoxy) is 2. The lowest BCUT2D eigenvalue weighted by molar-refractivity contribution is -0.930. The number of para-hydroxylation sites is 1. The van der Waals surface area contributed by atoms with Crippen molar-refractivity contribution in [2.24, 2.45) is 0 Å². The van der Waals surface area contributed by atoms with Gasteiger partial charge >= 0.3 is 5.97 Å². The molecule has 23 heavy (non-hydrogen) atoms. The molecule has 1 aliphatic rings. The molecule has 1 fully saturated rings. The molecule has 0 saturated carbocycles. The summed E-state index contributed by atoms with van der Waals surface area (Å²) >= 11 is 0. The van der Waals surface area contributed by atoms with Crippen LogP contribution in [0.3, 0.4) is 0 Å². The molecule has 0 aliphatic carbocycles. The highest BCUT2D eigenvalue weighted by atomic mass is 16.5. The number of hydrogen-bond donors (Lipinski definition) is 2. The minimum absolute atomic E-state index is 0.0896. The Kier molecular flexibility index (Phi) is 6.40. The van der Waals surface area contributed by atoms with Crippen LogP contribution in [0.1, 0.15) is 25.8 Å². The van der Waals surface area contributed by atoms with E-state index in [9.17, 15) is 9.59 Å². The zero-order chi connectivity index (χ0) is 16.7. The van der Waals surface area contributed by atoms with Crippen LogP contribution in [-0.4, -0.2) is 44.2 Å². The molecule has 126 valence electrons. The Morgan fingerprint density at radius 3 is 2.83 bits per heavy atom. The second kappa shape index (κ2) is 8.53. The van der Waals surface area contributed by atoms with E-state index >= 15 is 0 Å². The monoisotopic (exact) mass is 321 g/mol. The second-order valence-corrected chi connectivity index (χ2v) is 5.48. The van der Waals surface area contributed by atoms with E-state index in [2.05, 4.69) is 5.32 Å². The van der Waals surface area contributed by atoms with Gasteiger partial charge in [-0.2, -0.15) is 0 Å². The number of hydrogen-bond acceptors (Lipinski definition) is 4. The first kappa shape index (κ1) is 17.3. The van der Waals surface area contributed by atoms with Gasteiger partial charge in [0.25, 0.3) is 5.91 Å². The minimum atomic E-state index is -0.419. The fraction of sp³-hybridized carbons (Fsp3) is 0.529. The van der Waals surface area contributed by atoms with Crippen molar-refractivity contribution in [1.82, 2.24) is 5.32 Å². The predicted molar refractivity (Wildman–Crippen MR) is 85.2 cm³/mol. The zero-order valence-electron chi connectivity index (χ0n) is 13.8. The van der Waals surface area contributed by atoms with Crippen LogP contribution in [0, 0.1) is 0 Å². The molecule has 1 saturated heterocycles. The molecular weight excluding hydrogens is 296 g/mol. The number of amides is 1. The van der Waals surface area contributed by atoms with Crippen LogP contribution in [0.25, 0.3) is 0 Å². The van der Waals surface area contributed by atoms with E-state index in [0.717, 1.165) is 22.8 Å². The van der Waals surface area contributed by atoms with Crippen molar-refractivity contribution in [3.05, 3.63) is 29.8 Å². The molecule has 0 aromatic heterocycles. The summed E-state index contributed by atoms with van der Waals surface area (Å²) in [5.41, 5.74) is 1.05. The lowest BCUT2D eigenvalue weighted by Crippen LogP contribution is -3.18. The summed E-state index contributed by atoms with van der Waals surface area (Å²) in [4.78, 5) is 25.0. The number of carbonyl (C=O) groups is 2. The van der Waals surface area contributed by atoms with E-state index in [1.165, 1.54) is 0 Å². The summed E-state index contributed by atoms with van der Waals surface area (Å²) < 4.78 is 10.7. The summed E-state index contributed by atoms with van der Waals surface area (Å²) in [6.45, 7) is 6.67. The number of quaternary nitrogens is 1. The van der Waals surface area contributed by atoms with Crippen LogP contribution in [0.5, 0.6) is 5.75 Å². The number of rotatable bonds is 7. The lowest BCUT2D eigenvalue weighted by atomic mass is 10.1. The normalized spacial score (nSPS) is 20.7. The maximum Gasteiger partial charge on any atom is 0.312 e. The minimum Gasteiger partial charge on any atom is -0.493 e. The molecule has 1 aliphatic heterocycles. The van der Waals surface area contributed by atoms with Gasteiger partial charge in [0.1, 0.15) is 18.7 Å². The molecule has 2 atom stereocenters. The first-order valence-corrected chi connectivity index (χ1v) is 8.14. The molecule has 6 nitrogen and oxygen atoms in total. The van der Waals surface area contributed by atoms with Crippen LogP contribution in [0.4, 0.5) is 0 Å². The van der Waals surface area contributed by atoms with Gasteiger partial charge in [-0.3, -0.25) is 9.59 Å². The van der Waals surface area contributed by atoms with E-state index in [-0.39, 0.29) is 18.3 Å². The van der Waals surface area contributed by atoms with Gasteiger partial charge in [0.15, 0.2) is 6.04 Å². The van der Waals surface area contributed by atoms with E-state index in [4.69, 9.17) is 9.47 Å². The molecule has 6 heteroatoms. The van der Waals surface area contributed by atoms with E-state index in [1.54, 1.807) is 6.92 Å². The average molecular weight is 321 g/mol. The molecule has 1 unspecified atom stereocenters. The first-order valence-electron chi connectivity index (χ1n) is 8.14. The Labute approximate surface area is 136 Å². The van der Waals surface area contributed by atoms with Crippen LogP contribution < -0.4 is 15.0 Å². The molecule has 1 aromatic rings. The van der Waals surface area contributed by atoms with Gasteiger partial charge in [0.2, 0.25) is 0 Å². The number of carbonyl (C=O) groups excluding carboxylic acids is 2. The largest absolute Gasteiger partial charge is 0.493 e. The maximum atomic E-state index is 12.2. The third-order valence-electron chi connectivity index (χ3n) is 3.92. The molecule has 0 bridgehead atoms. The van der Waals surface area contributed by atoms with Gasteiger partial charge in [-0.05, 0) is 26.0 Å². The Bertz CT molecular complexity index is 547. The third-order valence-corrected chi connectivity index (χ3v) is 3.92. The summed E-state index contributed by atoms with van der Waals surface area (Å²) in [5.74, 6) is 0.418. The van der Waals surface area contributed by atoms with Gasteiger partial charge in [0, 0.05) is 5.56 Å². The number of piperazine rings is 1. The van der Waals surface area contributed by atoms with Gasteiger partial charge in [-0.25, -0.2) is 0 Å². The van der Waals surface area contributed by atoms with Crippen LogP contribution >= 0.6 is 0 Å². The Hall–Kier alpha value is -2.08. The quantitative estimate of drug-likeness (QED) is 0.690. The van der Waals surface area contributed by atoms with Crippen LogP contribution in [0.2, 0.25) is 0 Å². The first-order chi connectivity index (χ1) is 11.2. The Morgan fingerprint density at radius 2 is 2.09 bits per heavy atom.